The van der Waals surface area contributed by atoms with Gasteiger partial charge in [0.2, 0.25) is 0 Å². The molecule has 106 valence electrons. The van der Waals surface area contributed by atoms with E-state index < -0.39 is 0 Å². The summed E-state index contributed by atoms with van der Waals surface area (Å²) < 4.78 is 0. The van der Waals surface area contributed by atoms with E-state index in [2.05, 4.69) is 43.1 Å². The summed E-state index contributed by atoms with van der Waals surface area (Å²) in [4.78, 5) is 15.1. The molecule has 0 amide bonds. The fraction of sp³-hybridized carbons (Fsp3) is 0.353. The SMILES string of the molecule is Cc1ccccc1CN(C)CCCC(=O)c1cccs1. The molecule has 0 spiro atoms. The number of thiophene rings is 1. The predicted molar refractivity (Wildman–Crippen MR) is 85.4 cm³/mol. The number of nitrogens with zero attached hydrogens (tertiary/aromatic N) is 1. The number of ketones is 1. The molecule has 0 aliphatic rings. The van der Waals surface area contributed by atoms with E-state index in [0.717, 1.165) is 24.4 Å². The molecule has 2 nitrogen and oxygen atoms in total. The lowest BCUT2D eigenvalue weighted by Crippen LogP contribution is -2.20. The van der Waals surface area contributed by atoms with Gasteiger partial charge >= 0.3 is 0 Å². The van der Waals surface area contributed by atoms with Crippen molar-refractivity contribution in [3.63, 3.8) is 0 Å². The molecule has 20 heavy (non-hydrogen) atoms. The van der Waals surface area contributed by atoms with E-state index in [0.29, 0.717) is 6.42 Å². The Bertz CT molecular complexity index is 548. The first-order valence-corrected chi connectivity index (χ1v) is 7.84. The molecule has 1 heterocycles. The average Bonchev–Trinajstić information content (AvgIpc) is 2.95. The Morgan fingerprint density at radius 3 is 2.70 bits per heavy atom. The average molecular weight is 287 g/mol. The summed E-state index contributed by atoms with van der Waals surface area (Å²) in [6, 6.07) is 12.3. The van der Waals surface area contributed by atoms with Crippen molar-refractivity contribution >= 4 is 17.1 Å². The topological polar surface area (TPSA) is 20.3 Å². The first kappa shape index (κ1) is 14.9. The molecule has 3 heteroatoms. The van der Waals surface area contributed by atoms with Gasteiger partial charge in [-0.2, -0.15) is 0 Å². The molecule has 0 saturated carbocycles. The molecule has 1 aromatic carbocycles. The molecule has 0 atom stereocenters. The van der Waals surface area contributed by atoms with Gasteiger partial charge in [0.25, 0.3) is 0 Å². The first-order valence-electron chi connectivity index (χ1n) is 6.96. The lowest BCUT2D eigenvalue weighted by molar-refractivity contribution is 0.0980. The maximum absolute atomic E-state index is 11.9. The zero-order valence-corrected chi connectivity index (χ0v) is 13.0. The third-order valence-corrected chi connectivity index (χ3v) is 4.35. The van der Waals surface area contributed by atoms with Gasteiger partial charge < -0.3 is 4.90 Å². The van der Waals surface area contributed by atoms with Crippen LogP contribution in [0.25, 0.3) is 0 Å². The summed E-state index contributed by atoms with van der Waals surface area (Å²) in [5, 5.41) is 1.96. The van der Waals surface area contributed by atoms with Crippen LogP contribution in [0, 0.1) is 6.92 Å². The van der Waals surface area contributed by atoms with Gasteiger partial charge in [-0.1, -0.05) is 30.3 Å². The van der Waals surface area contributed by atoms with Gasteiger partial charge in [0.05, 0.1) is 4.88 Å². The monoisotopic (exact) mass is 287 g/mol. The minimum absolute atomic E-state index is 0.268. The van der Waals surface area contributed by atoms with Gasteiger partial charge in [-0.25, -0.2) is 0 Å². The Kier molecular flexibility index (Phi) is 5.50. The molecule has 0 bridgehead atoms. The quantitative estimate of drug-likeness (QED) is 0.713. The van der Waals surface area contributed by atoms with Crippen LogP contribution in [-0.2, 0) is 6.54 Å². The largest absolute Gasteiger partial charge is 0.302 e. The maximum Gasteiger partial charge on any atom is 0.172 e. The summed E-state index contributed by atoms with van der Waals surface area (Å²) >= 11 is 1.53. The van der Waals surface area contributed by atoms with Crippen molar-refractivity contribution in [2.24, 2.45) is 0 Å². The van der Waals surface area contributed by atoms with Crippen LogP contribution in [0.5, 0.6) is 0 Å². The lowest BCUT2D eigenvalue weighted by Gasteiger charge is -2.17. The van der Waals surface area contributed by atoms with E-state index >= 15 is 0 Å². The van der Waals surface area contributed by atoms with E-state index in [4.69, 9.17) is 0 Å². The number of rotatable bonds is 7. The van der Waals surface area contributed by atoms with Gasteiger partial charge in [0.1, 0.15) is 0 Å². The van der Waals surface area contributed by atoms with Crippen molar-refractivity contribution in [3.05, 3.63) is 57.8 Å². The van der Waals surface area contributed by atoms with Crippen LogP contribution < -0.4 is 0 Å². The normalized spacial score (nSPS) is 10.9. The second kappa shape index (κ2) is 7.36. The second-order valence-corrected chi connectivity index (χ2v) is 6.12. The molecular weight excluding hydrogens is 266 g/mol. The molecule has 0 radical (unpaired) electrons. The molecule has 0 aliphatic heterocycles. The molecule has 0 unspecified atom stereocenters. The van der Waals surface area contributed by atoms with Gasteiger partial charge in [-0.3, -0.25) is 4.79 Å². The van der Waals surface area contributed by atoms with Crippen molar-refractivity contribution in [2.45, 2.75) is 26.3 Å². The number of aryl methyl sites for hydroxylation is 1. The van der Waals surface area contributed by atoms with Crippen LogP contribution in [0.2, 0.25) is 0 Å². The molecule has 1 aromatic heterocycles. The maximum atomic E-state index is 11.9. The third kappa shape index (κ3) is 4.29. The van der Waals surface area contributed by atoms with Crippen molar-refractivity contribution in [1.29, 1.82) is 0 Å². The number of carbonyl (C=O) groups excluding carboxylic acids is 1. The number of hydrogen-bond acceptors (Lipinski definition) is 3. The van der Waals surface area contributed by atoms with E-state index in [-0.39, 0.29) is 5.78 Å². The van der Waals surface area contributed by atoms with Gasteiger partial charge in [-0.05, 0) is 49.5 Å². The highest BCUT2D eigenvalue weighted by atomic mass is 32.1. The van der Waals surface area contributed by atoms with Crippen LogP contribution in [0.1, 0.15) is 33.6 Å². The highest BCUT2D eigenvalue weighted by Gasteiger charge is 2.08. The second-order valence-electron chi connectivity index (χ2n) is 5.17. The van der Waals surface area contributed by atoms with Crippen LogP contribution >= 0.6 is 11.3 Å². The van der Waals surface area contributed by atoms with Crippen molar-refractivity contribution in [3.8, 4) is 0 Å². The number of benzene rings is 1. The fourth-order valence-corrected chi connectivity index (χ4v) is 2.92. The fourth-order valence-electron chi connectivity index (χ4n) is 2.23. The van der Waals surface area contributed by atoms with Gasteiger partial charge in [0.15, 0.2) is 5.78 Å². The Labute approximate surface area is 125 Å². The number of Topliss-reactive ketones (excluding diaryl/α,β-unsaturated/α-hetero) is 1. The van der Waals surface area contributed by atoms with Crippen LogP contribution in [0.15, 0.2) is 41.8 Å². The van der Waals surface area contributed by atoms with E-state index in [1.54, 1.807) is 0 Å². The number of carbonyl (C=O) groups is 1. The minimum atomic E-state index is 0.268. The van der Waals surface area contributed by atoms with E-state index in [1.165, 1.54) is 22.5 Å². The Morgan fingerprint density at radius 2 is 2.00 bits per heavy atom. The Hall–Kier alpha value is -1.45. The van der Waals surface area contributed by atoms with Crippen LogP contribution in [-0.4, -0.2) is 24.3 Å². The summed E-state index contributed by atoms with van der Waals surface area (Å²) in [6.07, 6.45) is 1.55. The van der Waals surface area contributed by atoms with Crippen molar-refractivity contribution < 1.29 is 4.79 Å². The summed E-state index contributed by atoms with van der Waals surface area (Å²) in [5.41, 5.74) is 2.69. The lowest BCUT2D eigenvalue weighted by atomic mass is 10.1. The predicted octanol–water partition coefficient (Wildman–Crippen LogP) is 4.15. The van der Waals surface area contributed by atoms with Crippen molar-refractivity contribution in [2.75, 3.05) is 13.6 Å². The van der Waals surface area contributed by atoms with E-state index in [9.17, 15) is 4.79 Å². The van der Waals surface area contributed by atoms with Crippen LogP contribution in [0.4, 0.5) is 0 Å². The molecule has 0 N–H and O–H groups in total. The minimum Gasteiger partial charge on any atom is -0.302 e. The molecule has 2 aromatic rings. The Morgan fingerprint density at radius 1 is 1.20 bits per heavy atom. The van der Waals surface area contributed by atoms with Gasteiger partial charge in [0, 0.05) is 13.0 Å². The number of hydrogen-bond donors (Lipinski definition) is 0. The molecule has 0 saturated heterocycles. The molecule has 2 rings (SSSR count). The van der Waals surface area contributed by atoms with E-state index in [1.807, 2.05) is 17.5 Å². The summed E-state index contributed by atoms with van der Waals surface area (Å²) in [6.45, 7) is 4.04. The zero-order valence-electron chi connectivity index (χ0n) is 12.1. The third-order valence-electron chi connectivity index (χ3n) is 3.44. The summed E-state index contributed by atoms with van der Waals surface area (Å²) in [7, 11) is 2.11. The van der Waals surface area contributed by atoms with Gasteiger partial charge in [-0.15, -0.1) is 11.3 Å². The van der Waals surface area contributed by atoms with Crippen LogP contribution in [0.3, 0.4) is 0 Å². The molecule has 0 aliphatic carbocycles. The molecular formula is C17H21NOS. The Balaban J connectivity index is 1.74. The smallest absolute Gasteiger partial charge is 0.172 e. The standard InChI is InChI=1S/C17H21NOS/c1-14-7-3-4-8-15(14)13-18(2)11-5-9-16(19)17-10-6-12-20-17/h3-4,6-8,10,12H,5,9,11,13H2,1-2H3. The van der Waals surface area contributed by atoms with Crippen molar-refractivity contribution in [1.82, 2.24) is 4.90 Å². The highest BCUT2D eigenvalue weighted by Crippen LogP contribution is 2.13. The zero-order chi connectivity index (χ0) is 14.4. The first-order chi connectivity index (χ1) is 9.66. The molecule has 0 fully saturated rings. The highest BCUT2D eigenvalue weighted by molar-refractivity contribution is 7.12. The summed E-state index contributed by atoms with van der Waals surface area (Å²) in [5.74, 6) is 0.268.